The van der Waals surface area contributed by atoms with Gasteiger partial charge in [-0.05, 0) is 31.5 Å². The van der Waals surface area contributed by atoms with Crippen LogP contribution in [0.4, 0.5) is 0 Å². The van der Waals surface area contributed by atoms with Crippen LogP contribution in [-0.2, 0) is 6.61 Å². The van der Waals surface area contributed by atoms with Gasteiger partial charge in [-0.15, -0.1) is 0 Å². The molecule has 3 heteroatoms. The largest absolute Gasteiger partial charge is 0.489 e. The minimum absolute atomic E-state index is 0.417. The fourth-order valence-electron chi connectivity index (χ4n) is 2.00. The van der Waals surface area contributed by atoms with Gasteiger partial charge in [0.05, 0.1) is 10.6 Å². The number of nitriles is 1. The Balaban J connectivity index is 2.10. The average molecular weight is 272 g/mol. The molecule has 0 spiro atoms. The number of ether oxygens (including phenoxy) is 1. The summed E-state index contributed by atoms with van der Waals surface area (Å²) in [6.45, 7) is 4.62. The molecule has 0 aliphatic heterocycles. The van der Waals surface area contributed by atoms with Crippen LogP contribution in [0.3, 0.4) is 0 Å². The number of hydrogen-bond donors (Lipinski definition) is 0. The van der Waals surface area contributed by atoms with Gasteiger partial charge >= 0.3 is 0 Å². The van der Waals surface area contributed by atoms with Gasteiger partial charge in [0.25, 0.3) is 0 Å². The molecule has 2 nitrogen and oxygen atoms in total. The monoisotopic (exact) mass is 271 g/mol. The van der Waals surface area contributed by atoms with Crippen molar-refractivity contribution in [3.8, 4) is 11.8 Å². The molecular weight excluding hydrogens is 258 g/mol. The van der Waals surface area contributed by atoms with Gasteiger partial charge in [0.15, 0.2) is 0 Å². The van der Waals surface area contributed by atoms with Crippen molar-refractivity contribution in [1.29, 1.82) is 5.26 Å². The molecule has 0 aliphatic rings. The number of nitrogens with zero attached hydrogens (tertiary/aromatic N) is 1. The molecule has 0 heterocycles. The maximum Gasteiger partial charge on any atom is 0.121 e. The van der Waals surface area contributed by atoms with Gasteiger partial charge in [0.1, 0.15) is 18.4 Å². The molecule has 0 aromatic heterocycles. The number of hydrogen-bond acceptors (Lipinski definition) is 2. The van der Waals surface area contributed by atoms with E-state index in [-0.39, 0.29) is 0 Å². The van der Waals surface area contributed by atoms with E-state index in [9.17, 15) is 0 Å². The van der Waals surface area contributed by atoms with Crippen molar-refractivity contribution in [3.63, 3.8) is 0 Å². The number of benzene rings is 2. The van der Waals surface area contributed by atoms with E-state index in [0.29, 0.717) is 22.9 Å². The molecule has 0 atom stereocenters. The summed E-state index contributed by atoms with van der Waals surface area (Å²) < 4.78 is 5.69. The summed E-state index contributed by atoms with van der Waals surface area (Å²) in [7, 11) is 0. The molecule has 0 fully saturated rings. The Morgan fingerprint density at radius 2 is 1.79 bits per heavy atom. The van der Waals surface area contributed by atoms with Crippen LogP contribution < -0.4 is 4.74 Å². The predicted molar refractivity (Wildman–Crippen MR) is 76.4 cm³/mol. The number of halogens is 1. The lowest BCUT2D eigenvalue weighted by atomic mass is 10.1. The lowest BCUT2D eigenvalue weighted by molar-refractivity contribution is 0.306. The van der Waals surface area contributed by atoms with Gasteiger partial charge < -0.3 is 4.74 Å². The Kier molecular flexibility index (Phi) is 4.09. The number of rotatable bonds is 3. The van der Waals surface area contributed by atoms with E-state index in [1.807, 2.05) is 6.07 Å². The quantitative estimate of drug-likeness (QED) is 0.828. The molecule has 0 saturated heterocycles. The summed E-state index contributed by atoms with van der Waals surface area (Å²) in [4.78, 5) is 0. The van der Waals surface area contributed by atoms with E-state index < -0.39 is 0 Å². The minimum Gasteiger partial charge on any atom is -0.489 e. The summed E-state index contributed by atoms with van der Waals surface area (Å²) in [6, 6.07) is 13.4. The first-order valence-corrected chi connectivity index (χ1v) is 6.36. The van der Waals surface area contributed by atoms with E-state index in [0.717, 1.165) is 5.56 Å². The Hall–Kier alpha value is -1.98. The highest BCUT2D eigenvalue weighted by molar-refractivity contribution is 6.31. The van der Waals surface area contributed by atoms with Gasteiger partial charge in [0.2, 0.25) is 0 Å². The molecular formula is C16H14ClNO. The molecule has 0 unspecified atom stereocenters. The Bertz CT molecular complexity index is 623. The van der Waals surface area contributed by atoms with Gasteiger partial charge in [-0.1, -0.05) is 40.9 Å². The summed E-state index contributed by atoms with van der Waals surface area (Å²) in [5.74, 6) is 0.670. The molecule has 0 radical (unpaired) electrons. The van der Waals surface area contributed by atoms with Gasteiger partial charge in [-0.25, -0.2) is 0 Å². The van der Waals surface area contributed by atoms with Crippen LogP contribution in [-0.4, -0.2) is 0 Å². The fourth-order valence-corrected chi connectivity index (χ4v) is 2.21. The Morgan fingerprint density at radius 1 is 1.11 bits per heavy atom. The van der Waals surface area contributed by atoms with E-state index in [2.05, 4.69) is 32.0 Å². The van der Waals surface area contributed by atoms with Gasteiger partial charge in [-0.3, -0.25) is 0 Å². The topological polar surface area (TPSA) is 33.0 Å². The second-order valence-corrected chi connectivity index (χ2v) is 4.95. The minimum atomic E-state index is 0.417. The first kappa shape index (κ1) is 13.5. The summed E-state index contributed by atoms with van der Waals surface area (Å²) in [6.07, 6.45) is 0. The zero-order valence-corrected chi connectivity index (χ0v) is 11.7. The summed E-state index contributed by atoms with van der Waals surface area (Å²) in [5, 5.41) is 9.22. The third-order valence-electron chi connectivity index (χ3n) is 2.75. The van der Waals surface area contributed by atoms with Crippen molar-refractivity contribution in [1.82, 2.24) is 0 Å². The summed E-state index contributed by atoms with van der Waals surface area (Å²) in [5.41, 5.74) is 4.02. The SMILES string of the molecule is Cc1cc(C)cc(COc2ccc(C#N)c(Cl)c2)c1. The van der Waals surface area contributed by atoms with E-state index in [1.165, 1.54) is 11.1 Å². The molecule has 2 aromatic carbocycles. The van der Waals surface area contributed by atoms with Crippen LogP contribution in [0.2, 0.25) is 5.02 Å². The molecule has 0 saturated carbocycles. The number of aryl methyl sites for hydroxylation is 2. The first-order chi connectivity index (χ1) is 9.08. The van der Waals surface area contributed by atoms with Crippen molar-refractivity contribution in [2.24, 2.45) is 0 Å². The molecule has 19 heavy (non-hydrogen) atoms. The average Bonchev–Trinajstić information content (AvgIpc) is 2.35. The molecule has 0 N–H and O–H groups in total. The lowest BCUT2D eigenvalue weighted by Gasteiger charge is -2.08. The smallest absolute Gasteiger partial charge is 0.121 e. The zero-order chi connectivity index (χ0) is 13.8. The van der Waals surface area contributed by atoms with Crippen molar-refractivity contribution < 1.29 is 4.74 Å². The predicted octanol–water partition coefficient (Wildman–Crippen LogP) is 4.41. The lowest BCUT2D eigenvalue weighted by Crippen LogP contribution is -1.97. The fraction of sp³-hybridized carbons (Fsp3) is 0.188. The third-order valence-corrected chi connectivity index (χ3v) is 3.06. The normalized spacial score (nSPS) is 10.0. The second kappa shape index (κ2) is 5.77. The van der Waals surface area contributed by atoms with Crippen molar-refractivity contribution in [2.75, 3.05) is 0 Å². The maximum absolute atomic E-state index is 8.80. The van der Waals surface area contributed by atoms with Crippen LogP contribution in [0.15, 0.2) is 36.4 Å². The zero-order valence-electron chi connectivity index (χ0n) is 10.9. The first-order valence-electron chi connectivity index (χ1n) is 5.98. The third kappa shape index (κ3) is 3.49. The van der Waals surface area contributed by atoms with Crippen LogP contribution in [0.25, 0.3) is 0 Å². The van der Waals surface area contributed by atoms with Crippen LogP contribution in [0.5, 0.6) is 5.75 Å². The molecule has 0 amide bonds. The van der Waals surface area contributed by atoms with Crippen LogP contribution in [0, 0.1) is 25.2 Å². The van der Waals surface area contributed by atoms with Crippen molar-refractivity contribution >= 4 is 11.6 Å². The Labute approximate surface area is 118 Å². The summed E-state index contributed by atoms with van der Waals surface area (Å²) >= 11 is 5.96. The van der Waals surface area contributed by atoms with Gasteiger partial charge in [-0.2, -0.15) is 5.26 Å². The molecule has 96 valence electrons. The second-order valence-electron chi connectivity index (χ2n) is 4.54. The molecule has 0 bridgehead atoms. The highest BCUT2D eigenvalue weighted by atomic mass is 35.5. The molecule has 2 rings (SSSR count). The Morgan fingerprint density at radius 3 is 2.37 bits per heavy atom. The van der Waals surface area contributed by atoms with E-state index in [1.54, 1.807) is 18.2 Å². The molecule has 2 aromatic rings. The standard InChI is InChI=1S/C16H14ClNO/c1-11-5-12(2)7-13(6-11)10-19-15-4-3-14(9-18)16(17)8-15/h3-8H,10H2,1-2H3. The molecule has 0 aliphatic carbocycles. The van der Waals surface area contributed by atoms with E-state index >= 15 is 0 Å². The van der Waals surface area contributed by atoms with Gasteiger partial charge in [0, 0.05) is 6.07 Å². The van der Waals surface area contributed by atoms with Crippen LogP contribution in [0.1, 0.15) is 22.3 Å². The van der Waals surface area contributed by atoms with Crippen LogP contribution >= 0.6 is 11.6 Å². The van der Waals surface area contributed by atoms with Crippen molar-refractivity contribution in [3.05, 3.63) is 63.7 Å². The highest BCUT2D eigenvalue weighted by Crippen LogP contribution is 2.22. The van der Waals surface area contributed by atoms with Crippen molar-refractivity contribution in [2.45, 2.75) is 20.5 Å². The van der Waals surface area contributed by atoms with E-state index in [4.69, 9.17) is 21.6 Å². The highest BCUT2D eigenvalue weighted by Gasteiger charge is 2.03. The maximum atomic E-state index is 8.80.